The molecule has 0 bridgehead atoms. The highest BCUT2D eigenvalue weighted by molar-refractivity contribution is 7.89. The Bertz CT molecular complexity index is 1310. The van der Waals surface area contributed by atoms with Crippen molar-refractivity contribution in [2.45, 2.75) is 37.2 Å². The predicted octanol–water partition coefficient (Wildman–Crippen LogP) is 4.72. The molecular weight excluding hydrogens is 516 g/mol. The molecule has 1 amide bonds. The number of nitrogens with two attached hydrogens (primary N) is 1. The van der Waals surface area contributed by atoms with Crippen LogP contribution in [0.3, 0.4) is 0 Å². The van der Waals surface area contributed by atoms with Gasteiger partial charge in [-0.15, -0.1) is 0 Å². The van der Waals surface area contributed by atoms with Crippen LogP contribution in [0.15, 0.2) is 77.7 Å². The summed E-state index contributed by atoms with van der Waals surface area (Å²) in [4.78, 5) is 24.9. The third kappa shape index (κ3) is 7.09. The van der Waals surface area contributed by atoms with Crippen LogP contribution in [0.2, 0.25) is 5.02 Å². The van der Waals surface area contributed by atoms with E-state index in [0.717, 1.165) is 17.1 Å². The summed E-state index contributed by atoms with van der Waals surface area (Å²) in [5, 5.41) is 0.369. The number of amides is 1. The van der Waals surface area contributed by atoms with Gasteiger partial charge in [-0.2, -0.15) is 4.31 Å². The molecule has 0 spiro atoms. The van der Waals surface area contributed by atoms with E-state index >= 15 is 0 Å². The van der Waals surface area contributed by atoms with Crippen molar-refractivity contribution in [3.63, 3.8) is 0 Å². The fourth-order valence-electron chi connectivity index (χ4n) is 3.63. The van der Waals surface area contributed by atoms with Gasteiger partial charge in [0, 0.05) is 11.6 Å². The molecule has 10 heteroatoms. The van der Waals surface area contributed by atoms with Crippen molar-refractivity contribution in [3.8, 4) is 5.75 Å². The Morgan fingerprint density at radius 3 is 2.14 bits per heavy atom. The molecule has 196 valence electrons. The second kappa shape index (κ2) is 12.7. The van der Waals surface area contributed by atoms with Crippen molar-refractivity contribution in [3.05, 3.63) is 94.5 Å². The molecular formula is C27H29ClN2O6S. The number of hydrogen-bond donors (Lipinski definition) is 1. The van der Waals surface area contributed by atoms with E-state index in [1.807, 2.05) is 6.92 Å². The largest absolute Gasteiger partial charge is 0.497 e. The molecule has 8 nitrogen and oxygen atoms in total. The number of hydrogen-bond acceptors (Lipinski definition) is 6. The van der Waals surface area contributed by atoms with E-state index in [1.165, 1.54) is 31.4 Å². The number of methoxy groups -OCH3 is 1. The van der Waals surface area contributed by atoms with E-state index in [-0.39, 0.29) is 11.4 Å². The maximum absolute atomic E-state index is 13.8. The van der Waals surface area contributed by atoms with Gasteiger partial charge in [-0.25, -0.2) is 13.2 Å². The number of unbranched alkanes of at least 4 members (excludes halogenated alkanes) is 1. The number of rotatable bonds is 12. The molecule has 0 radical (unpaired) electrons. The molecule has 3 rings (SSSR count). The molecule has 37 heavy (non-hydrogen) atoms. The minimum atomic E-state index is -4.21. The van der Waals surface area contributed by atoms with Gasteiger partial charge in [0.05, 0.1) is 24.2 Å². The van der Waals surface area contributed by atoms with E-state index in [2.05, 4.69) is 0 Å². The van der Waals surface area contributed by atoms with Gasteiger partial charge in [0.15, 0.2) is 0 Å². The van der Waals surface area contributed by atoms with Crippen LogP contribution >= 0.6 is 11.6 Å². The van der Waals surface area contributed by atoms with Crippen molar-refractivity contribution < 1.29 is 27.5 Å². The highest BCUT2D eigenvalue weighted by Gasteiger charge is 2.36. The SMILES string of the molecule is CCCCOC(=O)c1ccc(CN(C(C(N)=O)c2ccc(OC)cc2)S(=O)(=O)c2ccc(Cl)cc2)cc1. The summed E-state index contributed by atoms with van der Waals surface area (Å²) in [6.07, 6.45) is 1.67. The Morgan fingerprint density at radius 2 is 1.59 bits per heavy atom. The number of primary amides is 1. The molecule has 0 saturated carbocycles. The molecule has 3 aromatic carbocycles. The fourth-order valence-corrected chi connectivity index (χ4v) is 5.33. The van der Waals surface area contributed by atoms with Crippen molar-refractivity contribution in [1.82, 2.24) is 4.31 Å². The molecule has 0 aliphatic carbocycles. The molecule has 0 aliphatic rings. The van der Waals surface area contributed by atoms with Gasteiger partial charge >= 0.3 is 5.97 Å². The zero-order valence-corrected chi connectivity index (χ0v) is 22.2. The normalized spacial score (nSPS) is 12.2. The maximum Gasteiger partial charge on any atom is 0.338 e. The van der Waals surface area contributed by atoms with Gasteiger partial charge < -0.3 is 15.2 Å². The Hall–Kier alpha value is -3.40. The number of esters is 1. The summed E-state index contributed by atoms with van der Waals surface area (Å²) in [6.45, 7) is 2.14. The zero-order chi connectivity index (χ0) is 27.0. The van der Waals surface area contributed by atoms with Gasteiger partial charge in [0.25, 0.3) is 0 Å². The maximum atomic E-state index is 13.8. The van der Waals surface area contributed by atoms with Crippen molar-refractivity contribution in [2.24, 2.45) is 5.73 Å². The van der Waals surface area contributed by atoms with Crippen LogP contribution in [-0.2, 0) is 26.1 Å². The van der Waals surface area contributed by atoms with E-state index in [1.54, 1.807) is 48.5 Å². The number of halogens is 1. The summed E-state index contributed by atoms with van der Waals surface area (Å²) in [7, 11) is -2.71. The minimum absolute atomic E-state index is 0.0483. The van der Waals surface area contributed by atoms with E-state index in [9.17, 15) is 18.0 Å². The van der Waals surface area contributed by atoms with Crippen LogP contribution in [0.5, 0.6) is 5.75 Å². The standard InChI is InChI=1S/C27H29ClN2O6S/c1-3-4-17-36-27(32)21-7-5-19(6-8-21)18-30(37(33,34)24-15-11-22(28)12-16-24)25(26(29)31)20-9-13-23(35-2)14-10-20/h5-16,25H,3-4,17-18H2,1-2H3,(H2,29,31). The molecule has 0 heterocycles. The quantitative estimate of drug-likeness (QED) is 0.260. The topological polar surface area (TPSA) is 116 Å². The van der Waals surface area contributed by atoms with Crippen molar-refractivity contribution >= 4 is 33.5 Å². The average Bonchev–Trinajstić information content (AvgIpc) is 2.89. The number of sulfonamides is 1. The summed E-state index contributed by atoms with van der Waals surface area (Å²) >= 11 is 5.96. The smallest absolute Gasteiger partial charge is 0.338 e. The van der Waals surface area contributed by atoms with Crippen LogP contribution in [0, 0.1) is 0 Å². The van der Waals surface area contributed by atoms with Crippen LogP contribution < -0.4 is 10.5 Å². The Morgan fingerprint density at radius 1 is 0.973 bits per heavy atom. The van der Waals surface area contributed by atoms with Crippen LogP contribution in [-0.4, -0.2) is 38.3 Å². The monoisotopic (exact) mass is 544 g/mol. The summed E-state index contributed by atoms with van der Waals surface area (Å²) in [6, 6.07) is 17.1. The fraction of sp³-hybridized carbons (Fsp3) is 0.259. The summed E-state index contributed by atoms with van der Waals surface area (Å²) < 4.78 is 39.0. The average molecular weight is 545 g/mol. The van der Waals surface area contributed by atoms with Crippen LogP contribution in [0.1, 0.15) is 47.3 Å². The Balaban J connectivity index is 2.00. The highest BCUT2D eigenvalue weighted by Crippen LogP contribution is 2.31. The molecule has 1 atom stereocenters. The lowest BCUT2D eigenvalue weighted by molar-refractivity contribution is -0.122. The highest BCUT2D eigenvalue weighted by atomic mass is 35.5. The first-order valence-electron chi connectivity index (χ1n) is 11.6. The third-order valence-electron chi connectivity index (χ3n) is 5.67. The second-order valence-electron chi connectivity index (χ2n) is 8.27. The number of nitrogens with zero attached hydrogens (tertiary/aromatic N) is 1. The van der Waals surface area contributed by atoms with Crippen LogP contribution in [0.4, 0.5) is 0 Å². The number of carbonyl (C=O) groups excluding carboxylic acids is 2. The van der Waals surface area contributed by atoms with Gasteiger partial charge in [0.2, 0.25) is 15.9 Å². The van der Waals surface area contributed by atoms with Gasteiger partial charge in [-0.3, -0.25) is 4.79 Å². The molecule has 2 N–H and O–H groups in total. The molecule has 0 saturated heterocycles. The first-order chi connectivity index (χ1) is 17.7. The minimum Gasteiger partial charge on any atom is -0.497 e. The van der Waals surface area contributed by atoms with Crippen molar-refractivity contribution in [1.29, 1.82) is 0 Å². The lowest BCUT2D eigenvalue weighted by Gasteiger charge is -2.29. The first kappa shape index (κ1) is 28.2. The van der Waals surface area contributed by atoms with Crippen molar-refractivity contribution in [2.75, 3.05) is 13.7 Å². The van der Waals surface area contributed by atoms with E-state index in [0.29, 0.717) is 34.1 Å². The number of benzene rings is 3. The lowest BCUT2D eigenvalue weighted by Crippen LogP contribution is -2.41. The zero-order valence-electron chi connectivity index (χ0n) is 20.6. The van der Waals surface area contributed by atoms with Gasteiger partial charge in [-0.1, -0.05) is 49.2 Å². The molecule has 3 aromatic rings. The molecule has 0 fully saturated rings. The number of carbonyl (C=O) groups is 2. The summed E-state index contributed by atoms with van der Waals surface area (Å²) in [5.74, 6) is -0.766. The van der Waals surface area contributed by atoms with Gasteiger partial charge in [0.1, 0.15) is 11.8 Å². The number of ether oxygens (including phenoxy) is 2. The van der Waals surface area contributed by atoms with Gasteiger partial charge in [-0.05, 0) is 66.1 Å². The Labute approximate surface area is 222 Å². The second-order valence-corrected chi connectivity index (χ2v) is 10.6. The summed E-state index contributed by atoms with van der Waals surface area (Å²) in [5.41, 5.74) is 7.02. The molecule has 1 unspecified atom stereocenters. The molecule has 0 aliphatic heterocycles. The predicted molar refractivity (Wildman–Crippen MR) is 141 cm³/mol. The molecule has 0 aromatic heterocycles. The first-order valence-corrected chi connectivity index (χ1v) is 13.5. The Kier molecular flexibility index (Phi) is 9.68. The lowest BCUT2D eigenvalue weighted by atomic mass is 10.1. The van der Waals surface area contributed by atoms with E-state index < -0.39 is 27.9 Å². The third-order valence-corrected chi connectivity index (χ3v) is 7.75. The van der Waals surface area contributed by atoms with E-state index in [4.69, 9.17) is 26.8 Å². The van der Waals surface area contributed by atoms with Crippen LogP contribution in [0.25, 0.3) is 0 Å².